The van der Waals surface area contributed by atoms with Crippen LogP contribution in [0.15, 0.2) is 16.7 Å². The van der Waals surface area contributed by atoms with Gasteiger partial charge in [-0.05, 0) is 32.8 Å². The first kappa shape index (κ1) is 15.6. The minimum absolute atomic E-state index is 0.0586. The molecule has 2 N–H and O–H groups in total. The summed E-state index contributed by atoms with van der Waals surface area (Å²) in [4.78, 5) is 23.1. The van der Waals surface area contributed by atoms with Gasteiger partial charge in [-0.3, -0.25) is 9.59 Å². The highest BCUT2D eigenvalue weighted by Crippen LogP contribution is 2.35. The van der Waals surface area contributed by atoms with Gasteiger partial charge in [-0.2, -0.15) is 0 Å². The van der Waals surface area contributed by atoms with Gasteiger partial charge in [-0.25, -0.2) is 0 Å². The maximum atomic E-state index is 12.1. The molecule has 0 bridgehead atoms. The average molecular weight is 295 g/mol. The summed E-state index contributed by atoms with van der Waals surface area (Å²) in [5, 5.41) is 13.4. The molecule has 1 amide bonds. The summed E-state index contributed by atoms with van der Waals surface area (Å²) in [7, 11) is 0. The van der Waals surface area contributed by atoms with Crippen molar-refractivity contribution in [3.8, 4) is 0 Å². The van der Waals surface area contributed by atoms with Crippen LogP contribution in [0, 0.1) is 0 Å². The number of hydrogen-bond acceptors (Lipinski definition) is 5. The predicted octanol–water partition coefficient (Wildman–Crippen LogP) is 1.26. The van der Waals surface area contributed by atoms with Crippen molar-refractivity contribution in [2.45, 2.75) is 51.2 Å². The van der Waals surface area contributed by atoms with Gasteiger partial charge in [0.15, 0.2) is 5.60 Å². The second-order valence-electron chi connectivity index (χ2n) is 5.93. The van der Waals surface area contributed by atoms with Crippen molar-refractivity contribution in [1.82, 2.24) is 5.32 Å². The van der Waals surface area contributed by atoms with E-state index in [0.29, 0.717) is 6.42 Å². The minimum Gasteiger partial charge on any atom is -0.469 e. The number of fused-ring (bicyclic) bond motifs is 1. The zero-order valence-electron chi connectivity index (χ0n) is 12.6. The molecule has 1 heterocycles. The van der Waals surface area contributed by atoms with E-state index < -0.39 is 23.1 Å². The Morgan fingerprint density at radius 1 is 1.52 bits per heavy atom. The predicted molar refractivity (Wildman–Crippen MR) is 74.4 cm³/mol. The summed E-state index contributed by atoms with van der Waals surface area (Å²) in [6.45, 7) is 4.33. The first-order valence-corrected chi connectivity index (χ1v) is 7.02. The number of rotatable bonds is 4. The Morgan fingerprint density at radius 3 is 2.90 bits per heavy atom. The van der Waals surface area contributed by atoms with Gasteiger partial charge in [0.25, 0.3) is 5.91 Å². The molecule has 6 nitrogen and oxygen atoms in total. The monoisotopic (exact) mass is 295 g/mol. The Labute approximate surface area is 123 Å². The highest BCUT2D eigenvalue weighted by Gasteiger charge is 2.38. The number of hydrogen-bond donors (Lipinski definition) is 2. The van der Waals surface area contributed by atoms with Crippen molar-refractivity contribution in [2.24, 2.45) is 0 Å². The fourth-order valence-electron chi connectivity index (χ4n) is 2.65. The van der Waals surface area contributed by atoms with Crippen molar-refractivity contribution in [3.63, 3.8) is 0 Å². The molecule has 6 heteroatoms. The molecule has 21 heavy (non-hydrogen) atoms. The lowest BCUT2D eigenvalue weighted by molar-refractivity contribution is -0.163. The van der Waals surface area contributed by atoms with E-state index >= 15 is 0 Å². The van der Waals surface area contributed by atoms with E-state index in [2.05, 4.69) is 5.32 Å². The number of furan rings is 1. The van der Waals surface area contributed by atoms with E-state index in [4.69, 9.17) is 9.15 Å². The van der Waals surface area contributed by atoms with E-state index in [0.717, 1.165) is 24.2 Å². The molecular formula is C15H21NO5. The van der Waals surface area contributed by atoms with Crippen molar-refractivity contribution >= 4 is 11.9 Å². The molecule has 0 spiro atoms. The molecular weight excluding hydrogens is 274 g/mol. The molecule has 2 rings (SSSR count). The fourth-order valence-corrected chi connectivity index (χ4v) is 2.65. The van der Waals surface area contributed by atoms with Crippen LogP contribution in [0.3, 0.4) is 0 Å². The van der Waals surface area contributed by atoms with Crippen molar-refractivity contribution in [2.75, 3.05) is 6.54 Å². The molecule has 1 aliphatic rings. The number of carbonyl (C=O) groups excluding carboxylic acids is 2. The molecule has 0 radical (unpaired) electrons. The van der Waals surface area contributed by atoms with Crippen LogP contribution in [0.2, 0.25) is 0 Å². The molecule has 1 aromatic heterocycles. The van der Waals surface area contributed by atoms with Crippen LogP contribution in [0.5, 0.6) is 0 Å². The van der Waals surface area contributed by atoms with Gasteiger partial charge in [-0.1, -0.05) is 0 Å². The van der Waals surface area contributed by atoms with Crippen LogP contribution in [-0.2, 0) is 26.3 Å². The lowest BCUT2D eigenvalue weighted by Gasteiger charge is -2.33. The first-order valence-electron chi connectivity index (χ1n) is 7.02. The van der Waals surface area contributed by atoms with Gasteiger partial charge >= 0.3 is 5.97 Å². The molecule has 1 unspecified atom stereocenters. The highest BCUT2D eigenvalue weighted by molar-refractivity contribution is 5.86. The van der Waals surface area contributed by atoms with E-state index in [9.17, 15) is 14.7 Å². The molecule has 1 atom stereocenters. The molecule has 0 fully saturated rings. The lowest BCUT2D eigenvalue weighted by Crippen LogP contribution is -2.50. The maximum absolute atomic E-state index is 12.1. The fraction of sp³-hybridized carbons (Fsp3) is 0.600. The Morgan fingerprint density at radius 2 is 2.24 bits per heavy atom. The Kier molecular flexibility index (Phi) is 4.09. The van der Waals surface area contributed by atoms with Gasteiger partial charge in [0, 0.05) is 18.9 Å². The lowest BCUT2D eigenvalue weighted by atomic mass is 9.83. The van der Waals surface area contributed by atoms with Gasteiger partial charge in [0.2, 0.25) is 0 Å². The van der Waals surface area contributed by atoms with Crippen LogP contribution < -0.4 is 5.32 Å². The normalized spacial score (nSPS) is 21.5. The number of aliphatic hydroxyl groups is 1. The van der Waals surface area contributed by atoms with Crippen molar-refractivity contribution < 1.29 is 23.8 Å². The van der Waals surface area contributed by atoms with Gasteiger partial charge in [0.05, 0.1) is 12.8 Å². The Hall–Kier alpha value is -1.82. The number of ether oxygens (including phenoxy) is 1. The number of nitrogens with one attached hydrogen (secondary N) is 1. The van der Waals surface area contributed by atoms with Gasteiger partial charge in [0.1, 0.15) is 11.4 Å². The number of esters is 1. The third-order valence-electron chi connectivity index (χ3n) is 3.73. The third kappa shape index (κ3) is 3.26. The zero-order valence-corrected chi connectivity index (χ0v) is 12.6. The third-order valence-corrected chi connectivity index (χ3v) is 3.73. The van der Waals surface area contributed by atoms with E-state index in [1.807, 2.05) is 0 Å². The Bertz CT molecular complexity index is 548. The summed E-state index contributed by atoms with van der Waals surface area (Å²) in [6.07, 6.45) is 3.68. The summed E-state index contributed by atoms with van der Waals surface area (Å²) in [5.74, 6) is -0.206. The van der Waals surface area contributed by atoms with E-state index in [-0.39, 0.29) is 6.54 Å². The van der Waals surface area contributed by atoms with Gasteiger partial charge in [-0.15, -0.1) is 0 Å². The number of carbonyl (C=O) groups is 2. The summed E-state index contributed by atoms with van der Waals surface area (Å²) < 4.78 is 10.3. The largest absolute Gasteiger partial charge is 0.469 e. The molecule has 0 aliphatic heterocycles. The van der Waals surface area contributed by atoms with Crippen LogP contribution in [-0.4, -0.2) is 29.1 Å². The van der Waals surface area contributed by atoms with Crippen molar-refractivity contribution in [3.05, 3.63) is 23.7 Å². The van der Waals surface area contributed by atoms with E-state index in [1.54, 1.807) is 12.3 Å². The zero-order chi connectivity index (χ0) is 15.7. The molecule has 1 aliphatic carbocycles. The second kappa shape index (κ2) is 5.52. The van der Waals surface area contributed by atoms with Crippen LogP contribution in [0.1, 0.15) is 44.9 Å². The van der Waals surface area contributed by atoms with Crippen LogP contribution in [0.25, 0.3) is 0 Å². The maximum Gasteiger partial charge on any atom is 0.303 e. The summed E-state index contributed by atoms with van der Waals surface area (Å²) >= 11 is 0. The smallest absolute Gasteiger partial charge is 0.303 e. The second-order valence-corrected chi connectivity index (χ2v) is 5.93. The topological polar surface area (TPSA) is 88.8 Å². The first-order chi connectivity index (χ1) is 9.74. The molecule has 0 saturated carbocycles. The minimum atomic E-state index is -1.27. The highest BCUT2D eigenvalue weighted by atomic mass is 16.6. The SMILES string of the molecule is CC(=O)OC(C)(C)C(=O)NCC1(O)CCCc2occc21. The number of amides is 1. The van der Waals surface area contributed by atoms with Gasteiger partial charge < -0.3 is 19.6 Å². The average Bonchev–Trinajstić information content (AvgIpc) is 2.84. The molecule has 0 saturated heterocycles. The Balaban J connectivity index is 2.04. The molecule has 116 valence electrons. The quantitative estimate of drug-likeness (QED) is 0.816. The standard InChI is InChI=1S/C15H21NO5/c1-10(17)21-14(2,3)13(18)16-9-15(19)7-4-5-12-11(15)6-8-20-12/h6,8,19H,4-5,7,9H2,1-3H3,(H,16,18). The number of aryl methyl sites for hydroxylation is 1. The van der Waals surface area contributed by atoms with Crippen LogP contribution >= 0.6 is 0 Å². The van der Waals surface area contributed by atoms with E-state index in [1.165, 1.54) is 20.8 Å². The van der Waals surface area contributed by atoms with Crippen LogP contribution in [0.4, 0.5) is 0 Å². The molecule has 1 aromatic rings. The molecule has 0 aromatic carbocycles. The summed E-state index contributed by atoms with van der Waals surface area (Å²) in [5.41, 5.74) is -1.68. The summed E-state index contributed by atoms with van der Waals surface area (Å²) in [6, 6.07) is 1.73. The van der Waals surface area contributed by atoms with Crippen molar-refractivity contribution in [1.29, 1.82) is 0 Å².